The zero-order valence-corrected chi connectivity index (χ0v) is 10.8. The van der Waals surface area contributed by atoms with Crippen molar-refractivity contribution in [3.8, 4) is 0 Å². The average molecular weight is 245 g/mol. The number of amides is 1. The van der Waals surface area contributed by atoms with E-state index in [1.54, 1.807) is 4.90 Å². The lowest BCUT2D eigenvalue weighted by Crippen LogP contribution is -2.38. The molecular formula is C15H19NO2. The molecule has 0 atom stereocenters. The van der Waals surface area contributed by atoms with Crippen LogP contribution >= 0.6 is 0 Å². The third kappa shape index (κ3) is 2.97. The highest BCUT2D eigenvalue weighted by Crippen LogP contribution is 2.13. The molecule has 0 bridgehead atoms. The van der Waals surface area contributed by atoms with Gasteiger partial charge in [-0.2, -0.15) is 0 Å². The predicted octanol–water partition coefficient (Wildman–Crippen LogP) is 2.44. The molecule has 1 saturated heterocycles. The number of likely N-dealkylation sites (tertiary alicyclic amines) is 1. The molecule has 0 radical (unpaired) electrons. The summed E-state index contributed by atoms with van der Waals surface area (Å²) in [5, 5.41) is 0. The first-order valence-corrected chi connectivity index (χ1v) is 6.60. The van der Waals surface area contributed by atoms with E-state index < -0.39 is 0 Å². The molecule has 0 spiro atoms. The Balaban J connectivity index is 2.02. The van der Waals surface area contributed by atoms with Crippen molar-refractivity contribution in [1.29, 1.82) is 0 Å². The first-order chi connectivity index (χ1) is 8.70. The SMILES string of the molecule is CCCc1ccc(C(=O)N2CCC(=O)CC2)cc1. The predicted molar refractivity (Wildman–Crippen MR) is 70.6 cm³/mol. The molecular weight excluding hydrogens is 226 g/mol. The summed E-state index contributed by atoms with van der Waals surface area (Å²) < 4.78 is 0. The van der Waals surface area contributed by atoms with Crippen molar-refractivity contribution in [1.82, 2.24) is 4.90 Å². The van der Waals surface area contributed by atoms with Crippen LogP contribution < -0.4 is 0 Å². The lowest BCUT2D eigenvalue weighted by Gasteiger charge is -2.26. The lowest BCUT2D eigenvalue weighted by atomic mass is 10.1. The maximum Gasteiger partial charge on any atom is 0.253 e. The Morgan fingerprint density at radius 2 is 1.78 bits per heavy atom. The van der Waals surface area contributed by atoms with E-state index in [2.05, 4.69) is 6.92 Å². The number of aryl methyl sites for hydroxylation is 1. The van der Waals surface area contributed by atoms with Crippen LogP contribution in [0.25, 0.3) is 0 Å². The molecule has 0 unspecified atom stereocenters. The van der Waals surface area contributed by atoms with Crippen molar-refractivity contribution in [2.45, 2.75) is 32.6 Å². The van der Waals surface area contributed by atoms with Gasteiger partial charge in [-0.3, -0.25) is 9.59 Å². The Hall–Kier alpha value is -1.64. The van der Waals surface area contributed by atoms with Crippen molar-refractivity contribution in [2.75, 3.05) is 13.1 Å². The summed E-state index contributed by atoms with van der Waals surface area (Å²) >= 11 is 0. The van der Waals surface area contributed by atoms with Crippen molar-refractivity contribution in [3.63, 3.8) is 0 Å². The number of piperidine rings is 1. The number of carbonyl (C=O) groups is 2. The third-order valence-electron chi connectivity index (χ3n) is 3.35. The fourth-order valence-electron chi connectivity index (χ4n) is 2.24. The molecule has 0 saturated carbocycles. The number of nitrogens with zero attached hydrogens (tertiary/aromatic N) is 1. The summed E-state index contributed by atoms with van der Waals surface area (Å²) in [6.45, 7) is 3.27. The van der Waals surface area contributed by atoms with Crippen LogP contribution in [0, 0.1) is 0 Å². The van der Waals surface area contributed by atoms with E-state index in [1.807, 2.05) is 24.3 Å². The quantitative estimate of drug-likeness (QED) is 0.820. The number of hydrogen-bond acceptors (Lipinski definition) is 2. The summed E-state index contributed by atoms with van der Waals surface area (Å²) in [5.74, 6) is 0.308. The van der Waals surface area contributed by atoms with Gasteiger partial charge in [0.15, 0.2) is 0 Å². The van der Waals surface area contributed by atoms with Crippen LogP contribution in [-0.2, 0) is 11.2 Å². The fraction of sp³-hybridized carbons (Fsp3) is 0.467. The number of Topliss-reactive ketones (excluding diaryl/α,β-unsaturated/α-hetero) is 1. The van der Waals surface area contributed by atoms with Gasteiger partial charge in [0.05, 0.1) is 0 Å². The fourth-order valence-corrected chi connectivity index (χ4v) is 2.24. The standard InChI is InChI=1S/C15H19NO2/c1-2-3-12-4-6-13(7-5-12)15(18)16-10-8-14(17)9-11-16/h4-7H,2-3,8-11H2,1H3. The van der Waals surface area contributed by atoms with Gasteiger partial charge in [0, 0.05) is 31.5 Å². The topological polar surface area (TPSA) is 37.4 Å². The molecule has 1 amide bonds. The second-order valence-corrected chi connectivity index (χ2v) is 4.78. The van der Waals surface area contributed by atoms with Crippen LogP contribution in [0.2, 0.25) is 0 Å². The molecule has 0 aromatic heterocycles. The van der Waals surface area contributed by atoms with Crippen molar-refractivity contribution in [2.24, 2.45) is 0 Å². The van der Waals surface area contributed by atoms with Crippen LogP contribution in [0.5, 0.6) is 0 Å². The van der Waals surface area contributed by atoms with Gasteiger partial charge in [0.1, 0.15) is 5.78 Å². The minimum Gasteiger partial charge on any atom is -0.338 e. The number of carbonyl (C=O) groups excluding carboxylic acids is 2. The molecule has 96 valence electrons. The number of rotatable bonds is 3. The van der Waals surface area contributed by atoms with Gasteiger partial charge >= 0.3 is 0 Å². The maximum absolute atomic E-state index is 12.2. The third-order valence-corrected chi connectivity index (χ3v) is 3.35. The number of benzene rings is 1. The molecule has 1 aliphatic rings. The molecule has 0 aliphatic carbocycles. The second-order valence-electron chi connectivity index (χ2n) is 4.78. The van der Waals surface area contributed by atoms with Crippen LogP contribution in [-0.4, -0.2) is 29.7 Å². The van der Waals surface area contributed by atoms with Crippen LogP contribution in [0.4, 0.5) is 0 Å². The maximum atomic E-state index is 12.2. The van der Waals surface area contributed by atoms with Crippen molar-refractivity contribution < 1.29 is 9.59 Å². The zero-order chi connectivity index (χ0) is 13.0. The Bertz CT molecular complexity index is 426. The van der Waals surface area contributed by atoms with E-state index in [9.17, 15) is 9.59 Å². The van der Waals surface area contributed by atoms with Crippen LogP contribution in [0.3, 0.4) is 0 Å². The minimum atomic E-state index is 0.0468. The molecule has 3 nitrogen and oxygen atoms in total. The largest absolute Gasteiger partial charge is 0.338 e. The van der Waals surface area contributed by atoms with E-state index in [4.69, 9.17) is 0 Å². The highest BCUT2D eigenvalue weighted by molar-refractivity contribution is 5.95. The van der Waals surface area contributed by atoms with Gasteiger partial charge in [-0.1, -0.05) is 25.5 Å². The summed E-state index contributed by atoms with van der Waals surface area (Å²) in [6, 6.07) is 7.82. The monoisotopic (exact) mass is 245 g/mol. The van der Waals surface area contributed by atoms with Crippen molar-refractivity contribution in [3.05, 3.63) is 35.4 Å². The average Bonchev–Trinajstić information content (AvgIpc) is 2.40. The molecule has 1 aromatic rings. The second kappa shape index (κ2) is 5.80. The van der Waals surface area contributed by atoms with Gasteiger partial charge in [0.2, 0.25) is 0 Å². The summed E-state index contributed by atoms with van der Waals surface area (Å²) in [6.07, 6.45) is 3.16. The van der Waals surface area contributed by atoms with E-state index in [0.717, 1.165) is 18.4 Å². The molecule has 18 heavy (non-hydrogen) atoms. The van der Waals surface area contributed by atoms with Gasteiger partial charge in [-0.15, -0.1) is 0 Å². The van der Waals surface area contributed by atoms with Gasteiger partial charge < -0.3 is 4.90 Å². The van der Waals surface area contributed by atoms with Crippen LogP contribution in [0.1, 0.15) is 42.1 Å². The molecule has 1 aliphatic heterocycles. The lowest BCUT2D eigenvalue weighted by molar-refractivity contribution is -0.120. The molecule has 3 heteroatoms. The summed E-state index contributed by atoms with van der Waals surface area (Å²) in [4.78, 5) is 25.1. The molecule has 2 rings (SSSR count). The van der Waals surface area contributed by atoms with E-state index in [-0.39, 0.29) is 11.7 Å². The normalized spacial score (nSPS) is 15.8. The smallest absolute Gasteiger partial charge is 0.253 e. The van der Waals surface area contributed by atoms with Crippen LogP contribution in [0.15, 0.2) is 24.3 Å². The van der Waals surface area contributed by atoms with Crippen molar-refractivity contribution >= 4 is 11.7 Å². The molecule has 0 N–H and O–H groups in total. The summed E-state index contributed by atoms with van der Waals surface area (Å²) in [5.41, 5.74) is 1.99. The van der Waals surface area contributed by atoms with Gasteiger partial charge in [-0.25, -0.2) is 0 Å². The summed E-state index contributed by atoms with van der Waals surface area (Å²) in [7, 11) is 0. The Kier molecular flexibility index (Phi) is 4.13. The first kappa shape index (κ1) is 12.8. The Morgan fingerprint density at radius 3 is 2.33 bits per heavy atom. The highest BCUT2D eigenvalue weighted by atomic mass is 16.2. The number of hydrogen-bond donors (Lipinski definition) is 0. The zero-order valence-electron chi connectivity index (χ0n) is 10.8. The van der Waals surface area contributed by atoms with Gasteiger partial charge in [0.25, 0.3) is 5.91 Å². The Morgan fingerprint density at radius 1 is 1.17 bits per heavy atom. The number of ketones is 1. The van der Waals surface area contributed by atoms with Gasteiger partial charge in [-0.05, 0) is 24.1 Å². The molecule has 1 heterocycles. The highest BCUT2D eigenvalue weighted by Gasteiger charge is 2.21. The van der Waals surface area contributed by atoms with E-state index in [0.29, 0.717) is 25.9 Å². The van der Waals surface area contributed by atoms with E-state index >= 15 is 0 Å². The van der Waals surface area contributed by atoms with E-state index in [1.165, 1.54) is 5.56 Å². The molecule has 1 fully saturated rings. The minimum absolute atomic E-state index is 0.0468. The Labute approximate surface area is 108 Å². The molecule has 1 aromatic carbocycles. The first-order valence-electron chi connectivity index (χ1n) is 6.60.